The lowest BCUT2D eigenvalue weighted by Crippen LogP contribution is -2.36. The van der Waals surface area contributed by atoms with Crippen LogP contribution in [0.15, 0.2) is 42.6 Å². The van der Waals surface area contributed by atoms with Gasteiger partial charge in [0.15, 0.2) is 0 Å². The van der Waals surface area contributed by atoms with Crippen LogP contribution in [0.25, 0.3) is 10.6 Å². The van der Waals surface area contributed by atoms with Gasteiger partial charge in [-0.25, -0.2) is 9.97 Å². The summed E-state index contributed by atoms with van der Waals surface area (Å²) in [5.74, 6) is -0.0440. The highest BCUT2D eigenvalue weighted by Gasteiger charge is 2.31. The fourth-order valence-electron chi connectivity index (χ4n) is 3.09. The summed E-state index contributed by atoms with van der Waals surface area (Å²) in [7, 11) is 0. The van der Waals surface area contributed by atoms with Crippen molar-refractivity contribution >= 4 is 23.1 Å². The van der Waals surface area contributed by atoms with E-state index in [0.717, 1.165) is 22.7 Å². The van der Waals surface area contributed by atoms with Crippen LogP contribution in [0.1, 0.15) is 26.5 Å². The van der Waals surface area contributed by atoms with E-state index in [1.165, 1.54) is 23.6 Å². The van der Waals surface area contributed by atoms with Gasteiger partial charge in [0, 0.05) is 29.6 Å². The summed E-state index contributed by atoms with van der Waals surface area (Å²) in [5.41, 5.74) is 6.67. The first kappa shape index (κ1) is 18.4. The van der Waals surface area contributed by atoms with Crippen molar-refractivity contribution in [1.82, 2.24) is 14.9 Å². The van der Waals surface area contributed by atoms with Crippen LogP contribution in [0, 0.1) is 0 Å². The molecule has 0 aliphatic carbocycles. The molecule has 1 aromatic carbocycles. The van der Waals surface area contributed by atoms with Gasteiger partial charge in [0.2, 0.25) is 0 Å². The topological polar surface area (TPSA) is 72.1 Å². The van der Waals surface area contributed by atoms with Crippen LogP contribution >= 0.6 is 11.3 Å². The molecule has 5 nitrogen and oxygen atoms in total. The minimum atomic E-state index is -4.40. The van der Waals surface area contributed by atoms with Gasteiger partial charge in [-0.1, -0.05) is 12.1 Å². The van der Waals surface area contributed by atoms with Crippen molar-refractivity contribution in [3.63, 3.8) is 0 Å². The summed E-state index contributed by atoms with van der Waals surface area (Å²) in [6.45, 7) is 0.811. The first-order chi connectivity index (χ1) is 13.3. The molecule has 3 heterocycles. The van der Waals surface area contributed by atoms with Crippen LogP contribution in [0.2, 0.25) is 0 Å². The van der Waals surface area contributed by atoms with Gasteiger partial charge in [-0.15, -0.1) is 11.3 Å². The molecule has 4 rings (SSSR count). The first-order valence-corrected chi connectivity index (χ1v) is 9.30. The van der Waals surface area contributed by atoms with Gasteiger partial charge >= 0.3 is 6.18 Å². The van der Waals surface area contributed by atoms with Crippen LogP contribution in [0.4, 0.5) is 19.0 Å². The molecule has 0 atom stereocenters. The van der Waals surface area contributed by atoms with E-state index in [9.17, 15) is 18.0 Å². The molecule has 0 saturated heterocycles. The number of alkyl halides is 3. The fraction of sp³-hybridized carbons (Fsp3) is 0.211. The van der Waals surface area contributed by atoms with Crippen molar-refractivity contribution in [2.45, 2.75) is 19.1 Å². The number of amides is 1. The zero-order valence-corrected chi connectivity index (χ0v) is 15.3. The zero-order valence-electron chi connectivity index (χ0n) is 14.5. The molecule has 3 aromatic rings. The molecule has 28 heavy (non-hydrogen) atoms. The number of aromatic nitrogens is 2. The molecule has 0 bridgehead atoms. The van der Waals surface area contributed by atoms with E-state index in [0.29, 0.717) is 35.6 Å². The molecule has 0 unspecified atom stereocenters. The van der Waals surface area contributed by atoms with Gasteiger partial charge < -0.3 is 10.6 Å². The average Bonchev–Trinajstić information content (AvgIpc) is 3.10. The Morgan fingerprint density at radius 1 is 1.21 bits per heavy atom. The van der Waals surface area contributed by atoms with Gasteiger partial charge in [-0.05, 0) is 24.3 Å². The molecule has 1 amide bonds. The van der Waals surface area contributed by atoms with E-state index in [4.69, 9.17) is 5.73 Å². The lowest BCUT2D eigenvalue weighted by molar-refractivity contribution is -0.137. The number of anilines is 1. The number of pyridine rings is 1. The summed E-state index contributed by atoms with van der Waals surface area (Å²) < 4.78 is 38.9. The summed E-state index contributed by atoms with van der Waals surface area (Å²) in [5, 5.41) is 0.520. The Morgan fingerprint density at radius 3 is 2.79 bits per heavy atom. The Bertz CT molecular complexity index is 1050. The highest BCUT2D eigenvalue weighted by molar-refractivity contribution is 7.15. The van der Waals surface area contributed by atoms with Crippen molar-refractivity contribution in [2.75, 3.05) is 12.3 Å². The first-order valence-electron chi connectivity index (χ1n) is 8.49. The third-order valence-corrected chi connectivity index (χ3v) is 5.66. The fourth-order valence-corrected chi connectivity index (χ4v) is 4.21. The zero-order chi connectivity index (χ0) is 19.9. The molecule has 0 spiro atoms. The van der Waals surface area contributed by atoms with Gasteiger partial charge in [0.05, 0.1) is 23.4 Å². The SMILES string of the molecule is Nc1ncccc1C(=O)N1CCc2nc(-c3cccc(C(F)(F)F)c3)sc2C1. The summed E-state index contributed by atoms with van der Waals surface area (Å²) in [6.07, 6.45) is -2.35. The maximum absolute atomic E-state index is 13.0. The van der Waals surface area contributed by atoms with Crippen molar-refractivity contribution in [3.05, 3.63) is 64.3 Å². The minimum Gasteiger partial charge on any atom is -0.383 e. The van der Waals surface area contributed by atoms with Crippen LogP contribution in [0.3, 0.4) is 0 Å². The van der Waals surface area contributed by atoms with E-state index >= 15 is 0 Å². The molecule has 1 aliphatic heterocycles. The molecule has 144 valence electrons. The van der Waals surface area contributed by atoms with Gasteiger partial charge in [-0.3, -0.25) is 4.79 Å². The average molecular weight is 404 g/mol. The van der Waals surface area contributed by atoms with Crippen LogP contribution in [-0.4, -0.2) is 27.3 Å². The van der Waals surface area contributed by atoms with Crippen molar-refractivity contribution in [1.29, 1.82) is 0 Å². The van der Waals surface area contributed by atoms with Gasteiger partial charge in [0.1, 0.15) is 10.8 Å². The molecule has 0 saturated carbocycles. The van der Waals surface area contributed by atoms with Gasteiger partial charge in [-0.2, -0.15) is 13.2 Å². The van der Waals surface area contributed by atoms with E-state index in [-0.39, 0.29) is 11.7 Å². The Balaban J connectivity index is 1.59. The second kappa shape index (κ2) is 6.90. The Hall–Kier alpha value is -2.94. The maximum Gasteiger partial charge on any atom is 0.416 e. The number of carbonyl (C=O) groups excluding carboxylic acids is 1. The standard InChI is InChI=1S/C19H15F3N4OS/c20-19(21,22)12-4-1-3-11(9-12)17-25-14-6-8-26(10-15(14)28-17)18(27)13-5-2-7-24-16(13)23/h1-5,7,9H,6,8,10H2,(H2,23,24). The number of carbonyl (C=O) groups is 1. The Labute approximate surface area is 162 Å². The molecular weight excluding hydrogens is 389 g/mol. The van der Waals surface area contributed by atoms with E-state index in [1.807, 2.05) is 0 Å². The predicted octanol–water partition coefficient (Wildman–Crippen LogP) is 4.00. The highest BCUT2D eigenvalue weighted by atomic mass is 32.1. The van der Waals surface area contributed by atoms with Crippen LogP contribution < -0.4 is 5.73 Å². The number of halogens is 3. The third-order valence-electron chi connectivity index (χ3n) is 4.52. The monoisotopic (exact) mass is 404 g/mol. The molecule has 2 aromatic heterocycles. The van der Waals surface area contributed by atoms with Gasteiger partial charge in [0.25, 0.3) is 5.91 Å². The van der Waals surface area contributed by atoms with Crippen molar-refractivity contribution < 1.29 is 18.0 Å². The molecule has 0 fully saturated rings. The number of benzene rings is 1. The smallest absolute Gasteiger partial charge is 0.383 e. The van der Waals surface area contributed by atoms with E-state index in [1.54, 1.807) is 23.1 Å². The summed E-state index contributed by atoms with van der Waals surface area (Å²) >= 11 is 1.31. The number of nitrogens with zero attached hydrogens (tertiary/aromatic N) is 3. The maximum atomic E-state index is 13.0. The minimum absolute atomic E-state index is 0.173. The Morgan fingerprint density at radius 2 is 2.04 bits per heavy atom. The number of nitrogens with two attached hydrogens (primary N) is 1. The van der Waals surface area contributed by atoms with Crippen molar-refractivity contribution in [2.24, 2.45) is 0 Å². The third kappa shape index (κ3) is 3.45. The highest BCUT2D eigenvalue weighted by Crippen LogP contribution is 2.36. The largest absolute Gasteiger partial charge is 0.416 e. The lowest BCUT2D eigenvalue weighted by atomic mass is 10.1. The number of thiazole rings is 1. The number of rotatable bonds is 2. The predicted molar refractivity (Wildman–Crippen MR) is 99.6 cm³/mol. The van der Waals surface area contributed by atoms with Crippen molar-refractivity contribution in [3.8, 4) is 10.6 Å². The second-order valence-electron chi connectivity index (χ2n) is 6.38. The number of hydrogen-bond donors (Lipinski definition) is 1. The normalized spacial score (nSPS) is 14.0. The summed E-state index contributed by atoms with van der Waals surface area (Å²) in [6, 6.07) is 8.40. The number of nitrogen functional groups attached to an aromatic ring is 1. The quantitative estimate of drug-likeness (QED) is 0.701. The van der Waals surface area contributed by atoms with Crippen LogP contribution in [-0.2, 0) is 19.1 Å². The molecule has 2 N–H and O–H groups in total. The summed E-state index contributed by atoms with van der Waals surface area (Å²) in [4.78, 5) is 23.7. The number of hydrogen-bond acceptors (Lipinski definition) is 5. The van der Waals surface area contributed by atoms with Crippen LogP contribution in [0.5, 0.6) is 0 Å². The molecule has 0 radical (unpaired) electrons. The second-order valence-corrected chi connectivity index (χ2v) is 7.46. The molecule has 9 heteroatoms. The number of fused-ring (bicyclic) bond motifs is 1. The molecule has 1 aliphatic rings. The van der Waals surface area contributed by atoms with E-state index in [2.05, 4.69) is 9.97 Å². The van der Waals surface area contributed by atoms with E-state index < -0.39 is 11.7 Å². The Kier molecular flexibility index (Phi) is 4.54. The molecular formula is C19H15F3N4OS. The lowest BCUT2D eigenvalue weighted by Gasteiger charge is -2.26.